The van der Waals surface area contributed by atoms with Crippen molar-refractivity contribution >= 4 is 17.6 Å². The van der Waals surface area contributed by atoms with Crippen LogP contribution in [0.3, 0.4) is 0 Å². The van der Waals surface area contributed by atoms with E-state index in [0.717, 1.165) is 11.3 Å². The van der Waals surface area contributed by atoms with E-state index in [9.17, 15) is 18.4 Å². The lowest BCUT2D eigenvalue weighted by Crippen LogP contribution is -2.28. The smallest absolute Gasteiger partial charge is 0.322 e. The van der Waals surface area contributed by atoms with Gasteiger partial charge in [-0.2, -0.15) is 0 Å². The van der Waals surface area contributed by atoms with Crippen molar-refractivity contribution in [2.45, 2.75) is 13.5 Å². The second-order valence-corrected chi connectivity index (χ2v) is 7.36. The van der Waals surface area contributed by atoms with E-state index in [2.05, 4.69) is 10.6 Å². The fraction of sp³-hybridized carbons (Fsp3) is 0.167. The molecule has 0 saturated carbocycles. The second kappa shape index (κ2) is 9.05. The van der Waals surface area contributed by atoms with Gasteiger partial charge < -0.3 is 15.4 Å². The summed E-state index contributed by atoms with van der Waals surface area (Å²) < 4.78 is 33.4. The van der Waals surface area contributed by atoms with Crippen LogP contribution < -0.4 is 20.3 Å². The van der Waals surface area contributed by atoms with E-state index in [1.807, 2.05) is 6.92 Å². The molecule has 1 aliphatic rings. The summed E-state index contributed by atoms with van der Waals surface area (Å²) in [7, 11) is 0. The molecular formula is C24H21F2N3O3. The highest BCUT2D eigenvalue weighted by Crippen LogP contribution is 2.27. The maximum absolute atomic E-state index is 14.4. The van der Waals surface area contributed by atoms with Crippen molar-refractivity contribution in [3.05, 3.63) is 89.0 Å². The largest absolute Gasteiger partial charge is 0.451 e. The van der Waals surface area contributed by atoms with Gasteiger partial charge in [0.05, 0.1) is 0 Å². The maximum atomic E-state index is 14.4. The van der Waals surface area contributed by atoms with E-state index in [-0.39, 0.29) is 30.0 Å². The van der Waals surface area contributed by atoms with Crippen LogP contribution in [0.15, 0.2) is 60.7 Å². The Balaban J connectivity index is 1.39. The summed E-state index contributed by atoms with van der Waals surface area (Å²) >= 11 is 0. The molecule has 0 bridgehead atoms. The number of carbonyl (C=O) groups excluding carboxylic acids is 2. The van der Waals surface area contributed by atoms with E-state index < -0.39 is 11.6 Å². The Morgan fingerprint density at radius 2 is 1.84 bits per heavy atom. The number of carbonyl (C=O) groups is 2. The molecular weight excluding hydrogens is 416 g/mol. The highest BCUT2D eigenvalue weighted by molar-refractivity contribution is 5.97. The number of hydrogen-bond donors (Lipinski definition) is 2. The molecule has 2 N–H and O–H groups in total. The Kier molecular flexibility index (Phi) is 6.02. The summed E-state index contributed by atoms with van der Waals surface area (Å²) in [5.41, 5.74) is 2.52. The first-order chi connectivity index (χ1) is 15.4. The highest BCUT2D eigenvalue weighted by Gasteiger charge is 2.23. The molecule has 1 heterocycles. The van der Waals surface area contributed by atoms with Gasteiger partial charge in [0.2, 0.25) is 0 Å². The number of nitrogens with one attached hydrogen (secondary N) is 2. The van der Waals surface area contributed by atoms with Crippen molar-refractivity contribution in [2.75, 3.05) is 18.0 Å². The minimum atomic E-state index is -0.663. The third-order valence-corrected chi connectivity index (χ3v) is 5.11. The van der Waals surface area contributed by atoms with Crippen LogP contribution in [-0.2, 0) is 6.54 Å². The van der Waals surface area contributed by atoms with Crippen LogP contribution in [0.25, 0.3) is 0 Å². The van der Waals surface area contributed by atoms with Gasteiger partial charge in [0.15, 0.2) is 23.1 Å². The van der Waals surface area contributed by atoms with Crippen LogP contribution >= 0.6 is 0 Å². The average Bonchev–Trinajstić information content (AvgIpc) is 3.20. The quantitative estimate of drug-likeness (QED) is 0.596. The van der Waals surface area contributed by atoms with Crippen molar-refractivity contribution in [1.29, 1.82) is 0 Å². The van der Waals surface area contributed by atoms with Crippen LogP contribution in [0.4, 0.5) is 19.3 Å². The number of benzene rings is 3. The predicted octanol–water partition coefficient (Wildman–Crippen LogP) is 4.53. The van der Waals surface area contributed by atoms with Crippen LogP contribution in [-0.4, -0.2) is 25.0 Å². The molecule has 0 aromatic heterocycles. The van der Waals surface area contributed by atoms with Gasteiger partial charge in [-0.1, -0.05) is 18.2 Å². The first kappa shape index (κ1) is 21.3. The Bertz CT molecular complexity index is 1180. The molecule has 3 aromatic carbocycles. The molecule has 32 heavy (non-hydrogen) atoms. The molecule has 1 saturated heterocycles. The van der Waals surface area contributed by atoms with E-state index >= 15 is 0 Å². The molecule has 3 amide bonds. The number of urea groups is 1. The minimum absolute atomic E-state index is 0.0716. The van der Waals surface area contributed by atoms with Crippen molar-refractivity contribution < 1.29 is 23.1 Å². The van der Waals surface area contributed by atoms with Gasteiger partial charge >= 0.3 is 6.03 Å². The third-order valence-electron chi connectivity index (χ3n) is 5.11. The Hall–Kier alpha value is -3.94. The summed E-state index contributed by atoms with van der Waals surface area (Å²) in [6.07, 6.45) is 0. The summed E-state index contributed by atoms with van der Waals surface area (Å²) in [6.45, 7) is 3.10. The van der Waals surface area contributed by atoms with Gasteiger partial charge in [-0.3, -0.25) is 9.69 Å². The molecule has 8 heteroatoms. The summed E-state index contributed by atoms with van der Waals surface area (Å²) in [5.74, 6) is -1.75. The number of ether oxygens (including phenoxy) is 1. The van der Waals surface area contributed by atoms with E-state index in [4.69, 9.17) is 4.74 Å². The normalized spacial score (nSPS) is 13.1. The zero-order chi connectivity index (χ0) is 22.7. The molecule has 164 valence electrons. The number of para-hydroxylation sites is 1. The molecule has 0 aliphatic carbocycles. The topological polar surface area (TPSA) is 70.7 Å². The van der Waals surface area contributed by atoms with Crippen LogP contribution in [0.5, 0.6) is 11.5 Å². The van der Waals surface area contributed by atoms with Gasteiger partial charge in [0.1, 0.15) is 0 Å². The lowest BCUT2D eigenvalue weighted by Gasteiger charge is -2.17. The second-order valence-electron chi connectivity index (χ2n) is 7.36. The first-order valence-electron chi connectivity index (χ1n) is 10.1. The maximum Gasteiger partial charge on any atom is 0.322 e. The number of anilines is 1. The number of nitrogens with zero attached hydrogens (tertiary/aromatic N) is 1. The molecule has 0 radical (unpaired) electrons. The number of halogens is 2. The van der Waals surface area contributed by atoms with Gasteiger partial charge in [-0.05, 0) is 60.5 Å². The zero-order valence-electron chi connectivity index (χ0n) is 17.3. The van der Waals surface area contributed by atoms with Crippen LogP contribution in [0.2, 0.25) is 0 Å². The number of aryl methyl sites for hydroxylation is 1. The average molecular weight is 437 g/mol. The third kappa shape index (κ3) is 4.54. The van der Waals surface area contributed by atoms with Crippen LogP contribution in [0, 0.1) is 18.6 Å². The van der Waals surface area contributed by atoms with Crippen molar-refractivity contribution in [1.82, 2.24) is 10.6 Å². The molecule has 0 atom stereocenters. The minimum Gasteiger partial charge on any atom is -0.451 e. The lowest BCUT2D eigenvalue weighted by atomic mass is 10.1. The molecule has 0 unspecified atom stereocenters. The van der Waals surface area contributed by atoms with E-state index in [0.29, 0.717) is 24.2 Å². The fourth-order valence-corrected chi connectivity index (χ4v) is 3.47. The standard InChI is InChI=1S/C24H21F2N3O3/c1-15-12-17(7-8-20(15)29-11-10-27-24(29)31)23(30)28-14-16-6-9-22(19(26)13-16)32-21-5-3-2-4-18(21)25/h2-9,12-13H,10-11,14H2,1H3,(H,27,31)(H,28,30). The van der Waals surface area contributed by atoms with E-state index in [1.165, 1.54) is 30.3 Å². The lowest BCUT2D eigenvalue weighted by molar-refractivity contribution is 0.0950. The van der Waals surface area contributed by atoms with Crippen molar-refractivity contribution in [3.63, 3.8) is 0 Å². The van der Waals surface area contributed by atoms with Gasteiger partial charge in [0.25, 0.3) is 5.91 Å². The zero-order valence-corrected chi connectivity index (χ0v) is 17.3. The number of amides is 3. The molecule has 6 nitrogen and oxygen atoms in total. The van der Waals surface area contributed by atoms with Gasteiger partial charge in [0, 0.05) is 30.9 Å². The van der Waals surface area contributed by atoms with Crippen LogP contribution in [0.1, 0.15) is 21.5 Å². The molecule has 4 rings (SSSR count). The number of hydrogen-bond acceptors (Lipinski definition) is 3. The molecule has 1 aliphatic heterocycles. The summed E-state index contributed by atoms with van der Waals surface area (Å²) in [5, 5.41) is 5.49. The first-order valence-corrected chi connectivity index (χ1v) is 10.1. The van der Waals surface area contributed by atoms with Crippen molar-refractivity contribution in [3.8, 4) is 11.5 Å². The van der Waals surface area contributed by atoms with Gasteiger partial charge in [-0.25, -0.2) is 13.6 Å². The number of rotatable bonds is 6. The molecule has 0 spiro atoms. The van der Waals surface area contributed by atoms with E-state index in [1.54, 1.807) is 35.2 Å². The molecule has 3 aromatic rings. The Morgan fingerprint density at radius 1 is 1.06 bits per heavy atom. The van der Waals surface area contributed by atoms with Crippen molar-refractivity contribution in [2.24, 2.45) is 0 Å². The fourth-order valence-electron chi connectivity index (χ4n) is 3.47. The molecule has 1 fully saturated rings. The highest BCUT2D eigenvalue weighted by atomic mass is 19.1. The summed E-state index contributed by atoms with van der Waals surface area (Å²) in [6, 6.07) is 14.9. The Morgan fingerprint density at radius 3 is 2.53 bits per heavy atom. The SMILES string of the molecule is Cc1cc(C(=O)NCc2ccc(Oc3ccccc3F)c(F)c2)ccc1N1CCNC1=O. The predicted molar refractivity (Wildman–Crippen MR) is 116 cm³/mol. The van der Waals surface area contributed by atoms with Gasteiger partial charge in [-0.15, -0.1) is 0 Å². The Labute approximate surface area is 183 Å². The summed E-state index contributed by atoms with van der Waals surface area (Å²) in [4.78, 5) is 26.0. The monoisotopic (exact) mass is 437 g/mol.